The molecule has 0 spiro atoms. The molecule has 0 fully saturated rings. The third kappa shape index (κ3) is 77.7. The molecule has 0 saturated heterocycles. The molecule has 0 aliphatic heterocycles. The van der Waals surface area contributed by atoms with Crippen molar-refractivity contribution in [3.05, 3.63) is 24.3 Å². The summed E-state index contributed by atoms with van der Waals surface area (Å²) in [6, 6.07) is 0. The Kier molecular flexibility index (Phi) is 60.0. The molecule has 0 heterocycles. The van der Waals surface area contributed by atoms with E-state index in [1.165, 1.54) is 0 Å². The van der Waals surface area contributed by atoms with Gasteiger partial charge in [0.2, 0.25) is 0 Å². The number of allylic oxidation sites excluding steroid dienone is 4. The summed E-state index contributed by atoms with van der Waals surface area (Å²) in [7, 11) is 0. The van der Waals surface area contributed by atoms with Crippen molar-refractivity contribution in [1.82, 2.24) is 0 Å². The molecule has 0 aromatic carbocycles. The van der Waals surface area contributed by atoms with Gasteiger partial charge in [-0.05, 0) is 20.8 Å². The number of rotatable bonds is 0. The van der Waals surface area contributed by atoms with E-state index < -0.39 is 0 Å². The Morgan fingerprint density at radius 3 is 1.40 bits per heavy atom. The second kappa shape index (κ2) is 36.8. The summed E-state index contributed by atoms with van der Waals surface area (Å²) in [4.78, 5) is 0. The van der Waals surface area contributed by atoms with Gasteiger partial charge < -0.3 is 15.3 Å². The van der Waals surface area contributed by atoms with Crippen LogP contribution in [0.3, 0.4) is 0 Å². The summed E-state index contributed by atoms with van der Waals surface area (Å²) in [6.45, 7) is 5.79. The van der Waals surface area contributed by atoms with E-state index in [1.54, 1.807) is 20.8 Å². The largest absolute Gasteiger partial charge is 0.397 e. The minimum Gasteiger partial charge on any atom is -0.397 e. The average molecular weight is 295 g/mol. The Labute approximate surface area is 113 Å². The topological polar surface area (TPSA) is 60.7 Å². The quantitative estimate of drug-likeness (QED) is 0.590. The molecule has 0 radical (unpaired) electrons. The Balaban J connectivity index is -0.0000000550. The van der Waals surface area contributed by atoms with Gasteiger partial charge in [0.05, 0.1) is 0 Å². The molecular weight excluding hydrogens is 271 g/mol. The van der Waals surface area contributed by atoms with E-state index in [9.17, 15) is 0 Å². The fraction of sp³-hybridized carbons (Fsp3) is 0.636. The molecule has 3 nitrogen and oxygen atoms in total. The molecule has 3 N–H and O–H groups in total. The standard InChI is InChI=1S/C5H5.3C2H6O.Zr/c1-2-4-5-3-1;3*1-2-3;/h1-3H,4H2;3*3H,2H2,1H3;/q-1;;;;. The minimum atomic E-state index is 0. The van der Waals surface area contributed by atoms with Crippen molar-refractivity contribution >= 4 is 0 Å². The van der Waals surface area contributed by atoms with Crippen LogP contribution in [0.25, 0.3) is 0 Å². The van der Waals surface area contributed by atoms with Gasteiger partial charge in [0, 0.05) is 46.0 Å². The number of hydrogen-bond acceptors (Lipinski definition) is 3. The summed E-state index contributed by atoms with van der Waals surface area (Å²) < 4.78 is 0. The van der Waals surface area contributed by atoms with Crippen LogP contribution in [0, 0.1) is 6.08 Å². The zero-order chi connectivity index (χ0) is 11.7. The van der Waals surface area contributed by atoms with Gasteiger partial charge in [-0.15, -0.1) is 6.42 Å². The normalized spacial score (nSPS) is 9.47. The molecule has 1 aliphatic carbocycles. The van der Waals surface area contributed by atoms with E-state index >= 15 is 0 Å². The van der Waals surface area contributed by atoms with Gasteiger partial charge in [0.1, 0.15) is 0 Å². The minimum absolute atomic E-state index is 0. The van der Waals surface area contributed by atoms with Gasteiger partial charge in [-0.2, -0.15) is 6.08 Å². The summed E-state index contributed by atoms with van der Waals surface area (Å²) in [6.07, 6.45) is 10.0. The van der Waals surface area contributed by atoms with Crippen molar-refractivity contribution in [3.8, 4) is 0 Å². The fourth-order valence-electron chi connectivity index (χ4n) is 0.340. The van der Waals surface area contributed by atoms with Crippen LogP contribution in [0.5, 0.6) is 0 Å². The van der Waals surface area contributed by atoms with Crippen LogP contribution in [0.2, 0.25) is 0 Å². The van der Waals surface area contributed by atoms with E-state index in [0.29, 0.717) is 0 Å². The van der Waals surface area contributed by atoms with Crippen molar-refractivity contribution in [2.75, 3.05) is 19.8 Å². The first-order valence-corrected chi connectivity index (χ1v) is 4.79. The smallest absolute Gasteiger partial charge is 0.0402 e. The van der Waals surface area contributed by atoms with Crippen LogP contribution < -0.4 is 0 Å². The second-order valence-corrected chi connectivity index (χ2v) is 1.95. The predicted molar refractivity (Wildman–Crippen MR) is 59.8 cm³/mol. The van der Waals surface area contributed by atoms with Crippen LogP contribution in [0.1, 0.15) is 27.2 Å². The van der Waals surface area contributed by atoms with Gasteiger partial charge in [-0.1, -0.05) is 0 Å². The molecule has 15 heavy (non-hydrogen) atoms. The van der Waals surface area contributed by atoms with Crippen molar-refractivity contribution in [1.29, 1.82) is 0 Å². The van der Waals surface area contributed by atoms with Gasteiger partial charge >= 0.3 is 0 Å². The van der Waals surface area contributed by atoms with Crippen LogP contribution in [0.15, 0.2) is 18.2 Å². The molecule has 1 rings (SSSR count). The molecule has 0 bridgehead atoms. The van der Waals surface area contributed by atoms with Gasteiger partial charge in [0.25, 0.3) is 0 Å². The Morgan fingerprint density at radius 2 is 1.33 bits per heavy atom. The van der Waals surface area contributed by atoms with Gasteiger partial charge in [0.15, 0.2) is 0 Å². The maximum absolute atomic E-state index is 7.57. The van der Waals surface area contributed by atoms with E-state index in [4.69, 9.17) is 15.3 Å². The van der Waals surface area contributed by atoms with Crippen molar-refractivity contribution < 1.29 is 41.5 Å². The summed E-state index contributed by atoms with van der Waals surface area (Å²) in [5, 5.41) is 22.7. The molecule has 0 saturated carbocycles. The second-order valence-electron chi connectivity index (χ2n) is 1.95. The number of aliphatic hydroxyl groups excluding tert-OH is 3. The third-order valence-electron chi connectivity index (χ3n) is 0.586. The molecule has 0 unspecified atom stereocenters. The predicted octanol–water partition coefficient (Wildman–Crippen LogP) is 1.30. The first-order valence-electron chi connectivity index (χ1n) is 4.79. The van der Waals surface area contributed by atoms with E-state index in [1.807, 2.05) is 12.2 Å². The molecule has 0 aromatic rings. The van der Waals surface area contributed by atoms with E-state index in [0.717, 1.165) is 6.42 Å². The molecule has 4 heteroatoms. The van der Waals surface area contributed by atoms with Crippen molar-refractivity contribution in [3.63, 3.8) is 0 Å². The SMILES string of the molecule is CCO.CCO.CCO.[C-]1=CC=CC1.[Zr]. The maximum atomic E-state index is 7.57. The molecule has 1 aliphatic rings. The van der Waals surface area contributed by atoms with Crippen LogP contribution in [-0.2, 0) is 26.2 Å². The maximum Gasteiger partial charge on any atom is 0.0402 e. The van der Waals surface area contributed by atoms with Crippen molar-refractivity contribution in [2.45, 2.75) is 27.2 Å². The molecule has 0 aromatic heterocycles. The molecule has 90 valence electrons. The zero-order valence-electron chi connectivity index (χ0n) is 9.90. The summed E-state index contributed by atoms with van der Waals surface area (Å²) in [5.41, 5.74) is 0. The Hall–Kier alpha value is 0.243. The molecule has 0 amide bonds. The fourth-order valence-corrected chi connectivity index (χ4v) is 0.340. The zero-order valence-corrected chi connectivity index (χ0v) is 12.4. The number of hydrogen-bond donors (Lipinski definition) is 3. The van der Waals surface area contributed by atoms with Gasteiger partial charge in [-0.25, -0.2) is 12.2 Å². The van der Waals surface area contributed by atoms with E-state index in [-0.39, 0.29) is 46.0 Å². The van der Waals surface area contributed by atoms with Crippen LogP contribution in [0.4, 0.5) is 0 Å². The van der Waals surface area contributed by atoms with Crippen LogP contribution in [-0.4, -0.2) is 35.1 Å². The van der Waals surface area contributed by atoms with Crippen molar-refractivity contribution in [2.24, 2.45) is 0 Å². The third-order valence-corrected chi connectivity index (χ3v) is 0.586. The summed E-state index contributed by atoms with van der Waals surface area (Å²) in [5.74, 6) is 0. The monoisotopic (exact) mass is 293 g/mol. The summed E-state index contributed by atoms with van der Waals surface area (Å²) >= 11 is 0. The molecular formula is C11H23O3Zr-. The first kappa shape index (κ1) is 24.5. The van der Waals surface area contributed by atoms with E-state index in [2.05, 4.69) is 12.2 Å². The van der Waals surface area contributed by atoms with Gasteiger partial charge in [-0.3, -0.25) is 6.08 Å². The average Bonchev–Trinajstić information content (AvgIpc) is 2.63. The number of aliphatic hydroxyl groups is 3. The molecule has 0 atom stereocenters. The Bertz CT molecular complexity index is 99.6. The first-order chi connectivity index (χ1) is 6.74. The Morgan fingerprint density at radius 1 is 1.00 bits per heavy atom. The van der Waals surface area contributed by atoms with Crippen LogP contribution >= 0.6 is 0 Å².